The third-order valence-corrected chi connectivity index (χ3v) is 4.75. The monoisotopic (exact) mass is 271 g/mol. The lowest BCUT2D eigenvalue weighted by Gasteiger charge is -2.22. The maximum absolute atomic E-state index is 12.7. The number of amides is 1. The molecule has 0 saturated heterocycles. The smallest absolute Gasteiger partial charge is 0.224 e. The number of Topliss-reactive ketones (excluding diaryl/α,β-unsaturated/α-hetero) is 1. The molecular formula is C17H21NO2. The molecule has 0 atom stereocenters. The van der Waals surface area contributed by atoms with Crippen LogP contribution >= 0.6 is 0 Å². The van der Waals surface area contributed by atoms with Crippen LogP contribution in [0.3, 0.4) is 0 Å². The Morgan fingerprint density at radius 3 is 2.65 bits per heavy atom. The highest BCUT2D eigenvalue weighted by Gasteiger charge is 2.36. The van der Waals surface area contributed by atoms with E-state index in [4.69, 9.17) is 0 Å². The van der Waals surface area contributed by atoms with E-state index in [1.54, 1.807) is 0 Å². The zero-order valence-electron chi connectivity index (χ0n) is 12.0. The average Bonchev–Trinajstić information content (AvgIpc) is 2.79. The molecule has 20 heavy (non-hydrogen) atoms. The van der Waals surface area contributed by atoms with Crippen molar-refractivity contribution in [2.24, 2.45) is 5.41 Å². The summed E-state index contributed by atoms with van der Waals surface area (Å²) in [7, 11) is 0. The van der Waals surface area contributed by atoms with E-state index in [2.05, 4.69) is 12.2 Å². The van der Waals surface area contributed by atoms with E-state index in [9.17, 15) is 9.59 Å². The van der Waals surface area contributed by atoms with Gasteiger partial charge in [-0.2, -0.15) is 0 Å². The Bertz CT molecular complexity index is 556. The topological polar surface area (TPSA) is 46.2 Å². The fraction of sp³-hybridized carbons (Fsp3) is 0.529. The molecule has 1 heterocycles. The number of fused-ring (bicyclic) bond motifs is 1. The Kier molecular flexibility index (Phi) is 3.36. The molecule has 0 aromatic heterocycles. The first-order chi connectivity index (χ1) is 9.58. The van der Waals surface area contributed by atoms with Gasteiger partial charge in [-0.05, 0) is 49.4 Å². The molecule has 0 radical (unpaired) electrons. The fourth-order valence-electron chi connectivity index (χ4n) is 3.45. The lowest BCUT2D eigenvalue weighted by Crippen LogP contribution is -2.24. The molecule has 1 fully saturated rings. The number of nitrogens with one attached hydrogen (secondary N) is 1. The number of hydrogen-bond donors (Lipinski definition) is 1. The molecule has 1 saturated carbocycles. The number of rotatable bonds is 2. The molecule has 0 unspecified atom stereocenters. The maximum Gasteiger partial charge on any atom is 0.224 e. The maximum atomic E-state index is 12.7. The van der Waals surface area contributed by atoms with E-state index < -0.39 is 0 Å². The molecule has 0 spiro atoms. The summed E-state index contributed by atoms with van der Waals surface area (Å²) < 4.78 is 0. The van der Waals surface area contributed by atoms with Gasteiger partial charge in [-0.15, -0.1) is 0 Å². The van der Waals surface area contributed by atoms with Gasteiger partial charge >= 0.3 is 0 Å². The van der Waals surface area contributed by atoms with Gasteiger partial charge in [0.1, 0.15) is 0 Å². The summed E-state index contributed by atoms with van der Waals surface area (Å²) in [6, 6.07) is 5.76. The Morgan fingerprint density at radius 1 is 1.15 bits per heavy atom. The van der Waals surface area contributed by atoms with Gasteiger partial charge in [0, 0.05) is 23.1 Å². The molecule has 2 aliphatic rings. The quantitative estimate of drug-likeness (QED) is 0.833. The largest absolute Gasteiger partial charge is 0.326 e. The third-order valence-electron chi connectivity index (χ3n) is 4.75. The first-order valence-corrected chi connectivity index (χ1v) is 7.56. The first kappa shape index (κ1) is 13.3. The summed E-state index contributed by atoms with van der Waals surface area (Å²) in [5, 5.41) is 2.92. The predicted octanol–water partition coefficient (Wildman–Crippen LogP) is 3.72. The zero-order chi connectivity index (χ0) is 14.2. The van der Waals surface area contributed by atoms with Gasteiger partial charge in [0.05, 0.1) is 0 Å². The van der Waals surface area contributed by atoms with Crippen molar-refractivity contribution >= 4 is 17.4 Å². The molecule has 1 aliphatic heterocycles. The average molecular weight is 271 g/mol. The van der Waals surface area contributed by atoms with Crippen LogP contribution < -0.4 is 5.32 Å². The second kappa shape index (κ2) is 5.04. The van der Waals surface area contributed by atoms with Crippen LogP contribution in [0.4, 0.5) is 5.69 Å². The van der Waals surface area contributed by atoms with Gasteiger partial charge in [-0.1, -0.05) is 19.8 Å². The lowest BCUT2D eigenvalue weighted by atomic mass is 9.80. The van der Waals surface area contributed by atoms with E-state index in [-0.39, 0.29) is 17.1 Å². The summed E-state index contributed by atoms with van der Waals surface area (Å²) in [6.45, 7) is 2.09. The van der Waals surface area contributed by atoms with Crippen molar-refractivity contribution < 1.29 is 9.59 Å². The van der Waals surface area contributed by atoms with Crippen molar-refractivity contribution in [1.82, 2.24) is 0 Å². The molecular weight excluding hydrogens is 250 g/mol. The number of aryl methyl sites for hydroxylation is 1. The number of ketones is 1. The highest BCUT2D eigenvalue weighted by atomic mass is 16.1. The standard InChI is InChI=1S/C17H21NO2/c1-17(9-2-3-10-17)16(20)13-7-8-14-12(11-13)5-4-6-15(19)18-14/h7-8,11H,2-6,9-10H2,1H3,(H,18,19). The molecule has 3 nitrogen and oxygen atoms in total. The van der Waals surface area contributed by atoms with E-state index in [1.165, 1.54) is 0 Å². The molecule has 106 valence electrons. The molecule has 1 aromatic carbocycles. The van der Waals surface area contributed by atoms with E-state index in [0.717, 1.165) is 55.3 Å². The van der Waals surface area contributed by atoms with Crippen LogP contribution in [0.1, 0.15) is 61.4 Å². The van der Waals surface area contributed by atoms with Crippen molar-refractivity contribution in [3.63, 3.8) is 0 Å². The molecule has 1 aliphatic carbocycles. The Balaban J connectivity index is 1.90. The summed E-state index contributed by atoms with van der Waals surface area (Å²) >= 11 is 0. The second-order valence-electron chi connectivity index (χ2n) is 6.37. The Hall–Kier alpha value is -1.64. The van der Waals surface area contributed by atoms with Crippen molar-refractivity contribution in [2.75, 3.05) is 5.32 Å². The van der Waals surface area contributed by atoms with Gasteiger partial charge in [0.25, 0.3) is 0 Å². The normalized spacial score (nSPS) is 20.9. The minimum Gasteiger partial charge on any atom is -0.326 e. The summed E-state index contributed by atoms with van der Waals surface area (Å²) in [5.74, 6) is 0.346. The Labute approximate surface area is 119 Å². The summed E-state index contributed by atoms with van der Waals surface area (Å²) in [5.41, 5.74) is 2.61. The highest BCUT2D eigenvalue weighted by molar-refractivity contribution is 6.01. The van der Waals surface area contributed by atoms with Crippen molar-refractivity contribution in [1.29, 1.82) is 0 Å². The van der Waals surface area contributed by atoms with Crippen LogP contribution in [-0.2, 0) is 11.2 Å². The fourth-order valence-corrected chi connectivity index (χ4v) is 3.45. The second-order valence-corrected chi connectivity index (χ2v) is 6.37. The summed E-state index contributed by atoms with van der Waals surface area (Å²) in [4.78, 5) is 24.3. The number of benzene rings is 1. The van der Waals surface area contributed by atoms with Gasteiger partial charge in [-0.25, -0.2) is 0 Å². The van der Waals surface area contributed by atoms with Crippen molar-refractivity contribution in [3.05, 3.63) is 29.3 Å². The van der Waals surface area contributed by atoms with Gasteiger partial charge < -0.3 is 5.32 Å². The third kappa shape index (κ3) is 2.37. The minimum absolute atomic E-state index is 0.0746. The first-order valence-electron chi connectivity index (χ1n) is 7.56. The van der Waals surface area contributed by atoms with Crippen LogP contribution in [0, 0.1) is 5.41 Å². The van der Waals surface area contributed by atoms with Crippen LogP contribution in [0.2, 0.25) is 0 Å². The number of anilines is 1. The predicted molar refractivity (Wildman–Crippen MR) is 78.9 cm³/mol. The number of carbonyl (C=O) groups is 2. The zero-order valence-corrected chi connectivity index (χ0v) is 12.0. The van der Waals surface area contributed by atoms with Gasteiger partial charge in [0.15, 0.2) is 5.78 Å². The summed E-state index contributed by atoms with van der Waals surface area (Å²) in [6.07, 6.45) is 6.60. The van der Waals surface area contributed by atoms with Crippen molar-refractivity contribution in [3.8, 4) is 0 Å². The van der Waals surface area contributed by atoms with Crippen molar-refractivity contribution in [2.45, 2.75) is 51.9 Å². The van der Waals surface area contributed by atoms with E-state index >= 15 is 0 Å². The van der Waals surface area contributed by atoms with Crippen LogP contribution in [0.25, 0.3) is 0 Å². The Morgan fingerprint density at radius 2 is 1.90 bits per heavy atom. The molecule has 0 bridgehead atoms. The highest BCUT2D eigenvalue weighted by Crippen LogP contribution is 2.40. The van der Waals surface area contributed by atoms with E-state index in [1.807, 2.05) is 18.2 Å². The SMILES string of the molecule is CC1(C(=O)c2ccc3c(c2)CCCC(=O)N3)CCCC1. The molecule has 1 N–H and O–H groups in total. The van der Waals surface area contributed by atoms with Crippen LogP contribution in [0.15, 0.2) is 18.2 Å². The number of carbonyl (C=O) groups excluding carboxylic acids is 2. The minimum atomic E-state index is -0.178. The lowest BCUT2D eigenvalue weighted by molar-refractivity contribution is -0.116. The van der Waals surface area contributed by atoms with Gasteiger partial charge in [-0.3, -0.25) is 9.59 Å². The molecule has 1 aromatic rings. The molecule has 3 rings (SSSR count). The van der Waals surface area contributed by atoms with E-state index in [0.29, 0.717) is 6.42 Å². The number of hydrogen-bond acceptors (Lipinski definition) is 2. The van der Waals surface area contributed by atoms with Gasteiger partial charge in [0.2, 0.25) is 5.91 Å². The molecule has 3 heteroatoms. The molecule has 1 amide bonds. The van der Waals surface area contributed by atoms with Crippen LogP contribution in [0.5, 0.6) is 0 Å². The van der Waals surface area contributed by atoms with Crippen LogP contribution in [-0.4, -0.2) is 11.7 Å².